The summed E-state index contributed by atoms with van der Waals surface area (Å²) >= 11 is 5.67. The number of amides is 1. The summed E-state index contributed by atoms with van der Waals surface area (Å²) in [5.74, 6) is -2.62. The van der Waals surface area contributed by atoms with Gasteiger partial charge < -0.3 is 14.9 Å². The van der Waals surface area contributed by atoms with Gasteiger partial charge in [-0.1, -0.05) is 48.0 Å². The van der Waals surface area contributed by atoms with Crippen molar-refractivity contribution in [2.75, 3.05) is 0 Å². The molecule has 0 aliphatic heterocycles. The zero-order chi connectivity index (χ0) is 21.2. The smallest absolute Gasteiger partial charge is 0.408 e. The molecule has 0 bridgehead atoms. The molecule has 3 atom stereocenters. The van der Waals surface area contributed by atoms with Crippen molar-refractivity contribution in [3.05, 3.63) is 82.9 Å². The summed E-state index contributed by atoms with van der Waals surface area (Å²) < 4.78 is 46.5. The van der Waals surface area contributed by atoms with E-state index in [0.29, 0.717) is 0 Å². The van der Waals surface area contributed by atoms with Crippen LogP contribution in [0.1, 0.15) is 17.5 Å². The Balaban J connectivity index is 1.77. The van der Waals surface area contributed by atoms with E-state index in [1.165, 1.54) is 6.08 Å². The van der Waals surface area contributed by atoms with Crippen LogP contribution in [0, 0.1) is 17.6 Å². The van der Waals surface area contributed by atoms with Gasteiger partial charge in [0.05, 0.1) is 11.2 Å². The van der Waals surface area contributed by atoms with E-state index in [-0.39, 0.29) is 18.1 Å². The fourth-order valence-electron chi connectivity index (χ4n) is 3.19. The monoisotopic (exact) mass is 441 g/mol. The molecular weight excluding hydrogens is 423 g/mol. The van der Waals surface area contributed by atoms with Crippen molar-refractivity contribution < 1.29 is 27.8 Å². The highest BCUT2D eigenvalue weighted by molar-refractivity contribution is 7.59. The number of rotatable bonds is 7. The molecule has 0 radical (unpaired) electrons. The van der Waals surface area contributed by atoms with Gasteiger partial charge in [-0.25, -0.2) is 13.6 Å². The van der Waals surface area contributed by atoms with E-state index >= 15 is 0 Å². The number of alkyl carbamates (subject to hydrolysis) is 1. The van der Waals surface area contributed by atoms with Crippen LogP contribution in [0.3, 0.4) is 0 Å². The van der Waals surface area contributed by atoms with Crippen LogP contribution in [0.25, 0.3) is 0 Å². The van der Waals surface area contributed by atoms with Crippen LogP contribution in [-0.4, -0.2) is 16.3 Å². The molecular formula is C20H19ClF2NO4P. The SMILES string of the molecule is C=CC1CC1(NC(=O)OCc1ccccc1)P(=O)(O)Cc1c(F)ccc(Cl)c1F. The van der Waals surface area contributed by atoms with Gasteiger partial charge in [-0.05, 0) is 24.1 Å². The second-order valence-corrected chi connectivity index (χ2v) is 9.76. The first-order chi connectivity index (χ1) is 13.7. The van der Waals surface area contributed by atoms with Gasteiger partial charge in [-0.3, -0.25) is 4.57 Å². The minimum Gasteiger partial charge on any atom is -0.445 e. The van der Waals surface area contributed by atoms with Crippen LogP contribution < -0.4 is 5.32 Å². The molecule has 9 heteroatoms. The minimum atomic E-state index is -4.32. The van der Waals surface area contributed by atoms with Crippen molar-refractivity contribution in [2.45, 2.75) is 24.5 Å². The Bertz CT molecular complexity index is 988. The summed E-state index contributed by atoms with van der Waals surface area (Å²) in [4.78, 5) is 22.9. The average Bonchev–Trinajstić information content (AvgIpc) is 3.42. The highest BCUT2D eigenvalue weighted by atomic mass is 35.5. The van der Waals surface area contributed by atoms with Crippen molar-refractivity contribution in [3.63, 3.8) is 0 Å². The minimum absolute atomic E-state index is 0.0329. The summed E-state index contributed by atoms with van der Waals surface area (Å²) in [6, 6.07) is 10.8. The van der Waals surface area contributed by atoms with E-state index in [0.717, 1.165) is 17.7 Å². The summed E-state index contributed by atoms with van der Waals surface area (Å²) in [7, 11) is -4.32. The van der Waals surface area contributed by atoms with Crippen molar-refractivity contribution in [1.82, 2.24) is 5.32 Å². The lowest BCUT2D eigenvalue weighted by molar-refractivity contribution is 0.136. The molecule has 2 aromatic rings. The number of ether oxygens (including phenoxy) is 1. The van der Waals surface area contributed by atoms with Crippen molar-refractivity contribution in [1.29, 1.82) is 0 Å². The Morgan fingerprint density at radius 3 is 2.66 bits per heavy atom. The third-order valence-electron chi connectivity index (χ3n) is 4.94. The Hall–Kier alpha value is -2.21. The molecule has 1 saturated carbocycles. The molecule has 1 fully saturated rings. The molecule has 1 amide bonds. The van der Waals surface area contributed by atoms with Crippen LogP contribution in [0.4, 0.5) is 13.6 Å². The standard InChI is InChI=1S/C20H19ClF2NO4P/c1-2-14-10-20(14,24-19(25)28-11-13-6-4-3-5-7-13)29(26,27)12-15-17(22)9-8-16(21)18(15)23/h2-9,14H,1,10-12H2,(H,24,25)(H,26,27). The van der Waals surface area contributed by atoms with Crippen LogP contribution in [-0.2, 0) is 22.1 Å². The molecule has 3 rings (SSSR count). The predicted molar refractivity (Wildman–Crippen MR) is 106 cm³/mol. The summed E-state index contributed by atoms with van der Waals surface area (Å²) in [5.41, 5.74) is 0.139. The Kier molecular flexibility index (Phi) is 6.13. The van der Waals surface area contributed by atoms with Gasteiger partial charge in [0, 0.05) is 11.5 Å². The van der Waals surface area contributed by atoms with Gasteiger partial charge in [0.15, 0.2) is 0 Å². The molecule has 0 saturated heterocycles. The largest absolute Gasteiger partial charge is 0.445 e. The van der Waals surface area contributed by atoms with Crippen molar-refractivity contribution in [2.24, 2.45) is 5.92 Å². The quantitative estimate of drug-likeness (QED) is 0.351. The van der Waals surface area contributed by atoms with Crippen LogP contribution in [0.5, 0.6) is 0 Å². The van der Waals surface area contributed by atoms with Crippen LogP contribution in [0.15, 0.2) is 55.1 Å². The van der Waals surface area contributed by atoms with Crippen LogP contribution >= 0.6 is 19.0 Å². The number of carbonyl (C=O) groups is 1. The average molecular weight is 442 g/mol. The lowest BCUT2D eigenvalue weighted by Gasteiger charge is -2.25. The Morgan fingerprint density at radius 1 is 1.34 bits per heavy atom. The van der Waals surface area contributed by atoms with E-state index in [1.807, 2.05) is 6.07 Å². The lowest BCUT2D eigenvalue weighted by Crippen LogP contribution is -2.39. The van der Waals surface area contributed by atoms with Gasteiger partial charge in [-0.15, -0.1) is 6.58 Å². The van der Waals surface area contributed by atoms with Gasteiger partial charge >= 0.3 is 6.09 Å². The predicted octanol–water partition coefficient (Wildman–Crippen LogP) is 5.22. The molecule has 1 aliphatic rings. The molecule has 154 valence electrons. The molecule has 29 heavy (non-hydrogen) atoms. The first kappa shape index (κ1) is 21.5. The number of halogens is 3. The fourth-order valence-corrected chi connectivity index (χ4v) is 5.74. The Morgan fingerprint density at radius 2 is 2.03 bits per heavy atom. The van der Waals surface area contributed by atoms with E-state index in [4.69, 9.17) is 16.3 Å². The molecule has 0 aromatic heterocycles. The third kappa shape index (κ3) is 4.37. The third-order valence-corrected chi connectivity index (χ3v) is 7.84. The summed E-state index contributed by atoms with van der Waals surface area (Å²) in [6.45, 7) is 3.56. The van der Waals surface area contributed by atoms with Crippen LogP contribution in [0.2, 0.25) is 5.02 Å². The van der Waals surface area contributed by atoms with Crippen molar-refractivity contribution >= 4 is 25.1 Å². The molecule has 2 aromatic carbocycles. The number of benzene rings is 2. The maximum atomic E-state index is 14.2. The van der Waals surface area contributed by atoms with Gasteiger partial charge in [-0.2, -0.15) is 0 Å². The molecule has 1 aliphatic carbocycles. The normalized spacial score (nSPS) is 22.4. The van der Waals surface area contributed by atoms with Gasteiger partial charge in [0.25, 0.3) is 0 Å². The molecule has 0 heterocycles. The zero-order valence-corrected chi connectivity index (χ0v) is 16.9. The number of nitrogens with one attached hydrogen (secondary N) is 1. The maximum absolute atomic E-state index is 14.2. The van der Waals surface area contributed by atoms with Gasteiger partial charge in [0.2, 0.25) is 7.37 Å². The number of carbonyl (C=O) groups excluding carboxylic acids is 1. The zero-order valence-electron chi connectivity index (χ0n) is 15.3. The fraction of sp³-hybridized carbons (Fsp3) is 0.250. The highest BCUT2D eigenvalue weighted by Crippen LogP contribution is 2.71. The summed E-state index contributed by atoms with van der Waals surface area (Å²) in [6.07, 6.45) is -0.201. The summed E-state index contributed by atoms with van der Waals surface area (Å²) in [5, 5.41) is 0.476. The molecule has 0 spiro atoms. The second-order valence-electron chi connectivity index (χ2n) is 6.84. The van der Waals surface area contributed by atoms with Crippen molar-refractivity contribution in [3.8, 4) is 0 Å². The molecule has 2 N–H and O–H groups in total. The first-order valence-electron chi connectivity index (χ1n) is 8.76. The Labute approximate surface area is 171 Å². The van der Waals surface area contributed by atoms with E-state index < -0.39 is 48.0 Å². The molecule has 3 unspecified atom stereocenters. The lowest BCUT2D eigenvalue weighted by atomic mass is 10.2. The number of hydrogen-bond acceptors (Lipinski definition) is 3. The van der Waals surface area contributed by atoms with E-state index in [2.05, 4.69) is 11.9 Å². The number of hydrogen-bond donors (Lipinski definition) is 2. The topological polar surface area (TPSA) is 75.6 Å². The van der Waals surface area contributed by atoms with E-state index in [1.54, 1.807) is 24.3 Å². The first-order valence-corrected chi connectivity index (χ1v) is 11.0. The molecule has 5 nitrogen and oxygen atoms in total. The highest BCUT2D eigenvalue weighted by Gasteiger charge is 2.65. The maximum Gasteiger partial charge on any atom is 0.408 e. The van der Waals surface area contributed by atoms with Gasteiger partial charge in [0.1, 0.15) is 23.5 Å². The van der Waals surface area contributed by atoms with E-state index in [9.17, 15) is 23.0 Å². The second kappa shape index (κ2) is 8.27.